The number of amides is 3. The van der Waals surface area contributed by atoms with E-state index in [1.165, 1.54) is 49.4 Å². The molecular formula is C28H27N3O7S. The summed E-state index contributed by atoms with van der Waals surface area (Å²) in [6.45, 7) is 6.45. The average molecular weight is 550 g/mol. The number of aryl methyl sites for hydroxylation is 1. The highest BCUT2D eigenvalue weighted by Crippen LogP contribution is 2.29. The number of hydrogen-bond donors (Lipinski definition) is 2. The van der Waals surface area contributed by atoms with Gasteiger partial charge in [-0.3, -0.25) is 14.4 Å². The molecule has 1 atom stereocenters. The van der Waals surface area contributed by atoms with Crippen LogP contribution in [-0.2, 0) is 19.6 Å². The predicted octanol–water partition coefficient (Wildman–Crippen LogP) is 3.67. The van der Waals surface area contributed by atoms with Gasteiger partial charge < -0.3 is 10.1 Å². The lowest BCUT2D eigenvalue weighted by Gasteiger charge is -2.17. The third-order valence-electron chi connectivity index (χ3n) is 5.96. The summed E-state index contributed by atoms with van der Waals surface area (Å²) in [4.78, 5) is 52.0. The van der Waals surface area contributed by atoms with E-state index < -0.39 is 39.8 Å². The molecule has 2 N–H and O–H groups in total. The first-order valence-corrected chi connectivity index (χ1v) is 13.6. The van der Waals surface area contributed by atoms with Gasteiger partial charge in [0.05, 0.1) is 27.3 Å². The molecule has 4 rings (SSSR count). The Morgan fingerprint density at radius 1 is 0.872 bits per heavy atom. The molecule has 0 bridgehead atoms. The van der Waals surface area contributed by atoms with Crippen LogP contribution in [0.15, 0.2) is 71.6 Å². The van der Waals surface area contributed by atoms with Gasteiger partial charge in [0, 0.05) is 11.7 Å². The second-order valence-electron chi connectivity index (χ2n) is 9.33. The minimum absolute atomic E-state index is 0.0498. The van der Waals surface area contributed by atoms with Crippen LogP contribution in [0.1, 0.15) is 57.4 Å². The predicted molar refractivity (Wildman–Crippen MR) is 144 cm³/mol. The van der Waals surface area contributed by atoms with Gasteiger partial charge in [-0.05, 0) is 87.9 Å². The number of nitrogens with one attached hydrogen (secondary N) is 2. The first-order chi connectivity index (χ1) is 18.4. The van der Waals surface area contributed by atoms with Gasteiger partial charge in [-0.15, -0.1) is 0 Å². The molecule has 202 valence electrons. The van der Waals surface area contributed by atoms with Crippen molar-refractivity contribution in [3.63, 3.8) is 0 Å². The van der Waals surface area contributed by atoms with Crippen molar-refractivity contribution in [3.05, 3.63) is 89.0 Å². The van der Waals surface area contributed by atoms with Gasteiger partial charge in [0.15, 0.2) is 6.10 Å². The number of anilines is 2. The second kappa shape index (κ2) is 10.8. The Bertz CT molecular complexity index is 1550. The van der Waals surface area contributed by atoms with Gasteiger partial charge in [-0.1, -0.05) is 12.1 Å². The number of carbonyl (C=O) groups is 4. The highest BCUT2D eigenvalue weighted by molar-refractivity contribution is 7.89. The van der Waals surface area contributed by atoms with E-state index in [2.05, 4.69) is 10.0 Å². The molecule has 1 unspecified atom stereocenters. The maximum Gasteiger partial charge on any atom is 0.339 e. The molecule has 0 spiro atoms. The molecule has 1 heterocycles. The van der Waals surface area contributed by atoms with Crippen molar-refractivity contribution in [1.82, 2.24) is 4.72 Å². The van der Waals surface area contributed by atoms with E-state index in [0.29, 0.717) is 28.1 Å². The number of nitrogens with zero attached hydrogens (tertiary/aromatic N) is 1. The fourth-order valence-corrected chi connectivity index (χ4v) is 5.31. The van der Waals surface area contributed by atoms with Crippen LogP contribution in [0.3, 0.4) is 0 Å². The van der Waals surface area contributed by atoms with Crippen LogP contribution in [0.2, 0.25) is 0 Å². The average Bonchev–Trinajstić information content (AvgIpc) is 3.13. The van der Waals surface area contributed by atoms with Crippen LogP contribution < -0.4 is 14.9 Å². The Morgan fingerprint density at radius 2 is 1.46 bits per heavy atom. The lowest BCUT2D eigenvalue weighted by molar-refractivity contribution is -0.123. The molecule has 1 aliphatic heterocycles. The van der Waals surface area contributed by atoms with Crippen LogP contribution in [-0.4, -0.2) is 44.3 Å². The number of ether oxygens (including phenoxy) is 1. The van der Waals surface area contributed by atoms with Crippen molar-refractivity contribution in [1.29, 1.82) is 0 Å². The molecule has 10 nitrogen and oxygen atoms in total. The van der Waals surface area contributed by atoms with Crippen molar-refractivity contribution >= 4 is 45.1 Å². The molecule has 11 heteroatoms. The maximum absolute atomic E-state index is 12.8. The van der Waals surface area contributed by atoms with Crippen LogP contribution in [0.25, 0.3) is 0 Å². The van der Waals surface area contributed by atoms with Gasteiger partial charge >= 0.3 is 5.97 Å². The summed E-state index contributed by atoms with van der Waals surface area (Å²) in [6, 6.07) is 16.3. The molecular weight excluding hydrogens is 522 g/mol. The molecule has 0 radical (unpaired) electrons. The van der Waals surface area contributed by atoms with Crippen LogP contribution in [0.4, 0.5) is 11.4 Å². The Kier molecular flexibility index (Phi) is 7.66. The van der Waals surface area contributed by atoms with E-state index >= 15 is 0 Å². The Balaban J connectivity index is 1.40. The van der Waals surface area contributed by atoms with Gasteiger partial charge in [0.25, 0.3) is 17.7 Å². The number of hydrogen-bond acceptors (Lipinski definition) is 7. The van der Waals surface area contributed by atoms with Gasteiger partial charge in [-0.2, -0.15) is 0 Å². The summed E-state index contributed by atoms with van der Waals surface area (Å²) in [5.41, 5.74) is 1.89. The van der Waals surface area contributed by atoms with E-state index in [9.17, 15) is 27.6 Å². The fourth-order valence-electron chi connectivity index (χ4n) is 4.06. The third-order valence-corrected chi connectivity index (χ3v) is 7.63. The van der Waals surface area contributed by atoms with E-state index in [1.807, 2.05) is 0 Å². The Labute approximate surface area is 226 Å². The van der Waals surface area contributed by atoms with Gasteiger partial charge in [0.2, 0.25) is 10.0 Å². The molecule has 3 aromatic carbocycles. The molecule has 3 aromatic rings. The lowest BCUT2D eigenvalue weighted by atomic mass is 10.1. The van der Waals surface area contributed by atoms with E-state index in [-0.39, 0.29) is 16.5 Å². The first-order valence-electron chi connectivity index (χ1n) is 12.1. The first kappa shape index (κ1) is 27.7. The standard InChI is InChI=1S/C28H27N3O7S/c1-16(2)30-39(36,37)21-12-9-19(10-13-21)29-25(32)18(4)38-28(35)22-14-11-20(15-17(22)3)31-26(33)23-7-5-6-8-24(23)27(31)34/h5-16,18,30H,1-4H3,(H,29,32). The molecule has 0 aliphatic carbocycles. The zero-order valence-corrected chi connectivity index (χ0v) is 22.5. The van der Waals surface area contributed by atoms with Crippen LogP contribution >= 0.6 is 0 Å². The molecule has 0 saturated heterocycles. The molecule has 3 amide bonds. The topological polar surface area (TPSA) is 139 Å². The van der Waals surface area contributed by atoms with Gasteiger partial charge in [-0.25, -0.2) is 22.8 Å². The highest BCUT2D eigenvalue weighted by Gasteiger charge is 2.36. The zero-order chi connectivity index (χ0) is 28.5. The molecule has 39 heavy (non-hydrogen) atoms. The zero-order valence-electron chi connectivity index (χ0n) is 21.7. The van der Waals surface area contributed by atoms with Crippen molar-refractivity contribution in [2.45, 2.75) is 44.7 Å². The largest absolute Gasteiger partial charge is 0.449 e. The number of benzene rings is 3. The third kappa shape index (κ3) is 5.74. The number of esters is 1. The highest BCUT2D eigenvalue weighted by atomic mass is 32.2. The van der Waals surface area contributed by atoms with Crippen molar-refractivity contribution < 1.29 is 32.3 Å². The maximum atomic E-state index is 12.8. The SMILES string of the molecule is Cc1cc(N2C(=O)c3ccccc3C2=O)ccc1C(=O)OC(C)C(=O)Nc1ccc(S(=O)(=O)NC(C)C)cc1. The minimum Gasteiger partial charge on any atom is -0.449 e. The Hall–Kier alpha value is -4.35. The lowest BCUT2D eigenvalue weighted by Crippen LogP contribution is -2.31. The van der Waals surface area contributed by atoms with Crippen molar-refractivity contribution in [3.8, 4) is 0 Å². The summed E-state index contributed by atoms with van der Waals surface area (Å²) < 4.78 is 32.3. The Morgan fingerprint density at radius 3 is 2.00 bits per heavy atom. The molecule has 1 aliphatic rings. The molecule has 0 aromatic heterocycles. The molecule has 0 fully saturated rings. The molecule has 0 saturated carbocycles. The number of sulfonamides is 1. The summed E-state index contributed by atoms with van der Waals surface area (Å²) in [5, 5.41) is 2.58. The smallest absolute Gasteiger partial charge is 0.339 e. The fraction of sp³-hybridized carbons (Fsp3) is 0.214. The number of rotatable bonds is 8. The minimum atomic E-state index is -3.67. The second-order valence-corrected chi connectivity index (χ2v) is 11.0. The van der Waals surface area contributed by atoms with E-state index in [1.54, 1.807) is 45.0 Å². The van der Waals surface area contributed by atoms with Gasteiger partial charge in [0.1, 0.15) is 0 Å². The quantitative estimate of drug-likeness (QED) is 0.323. The number of fused-ring (bicyclic) bond motifs is 1. The van der Waals surface area contributed by atoms with Crippen molar-refractivity contribution in [2.24, 2.45) is 0 Å². The summed E-state index contributed by atoms with van der Waals surface area (Å²) in [6.07, 6.45) is -1.17. The number of imide groups is 1. The van der Waals surface area contributed by atoms with Crippen LogP contribution in [0, 0.1) is 6.92 Å². The summed E-state index contributed by atoms with van der Waals surface area (Å²) in [7, 11) is -3.67. The summed E-state index contributed by atoms with van der Waals surface area (Å²) >= 11 is 0. The summed E-state index contributed by atoms with van der Waals surface area (Å²) in [5.74, 6) is -2.26. The number of carbonyl (C=O) groups excluding carboxylic acids is 4. The van der Waals surface area contributed by atoms with E-state index in [0.717, 1.165) is 4.90 Å². The van der Waals surface area contributed by atoms with Crippen molar-refractivity contribution in [2.75, 3.05) is 10.2 Å². The monoisotopic (exact) mass is 549 g/mol. The van der Waals surface area contributed by atoms with Crippen LogP contribution in [0.5, 0.6) is 0 Å². The normalized spacial score (nSPS) is 13.8. The van der Waals surface area contributed by atoms with E-state index in [4.69, 9.17) is 4.74 Å².